The number of allylic oxidation sites excluding steroid dienone is 2. The molecule has 3 aromatic heterocycles. The van der Waals surface area contributed by atoms with Gasteiger partial charge in [0, 0.05) is 63.6 Å². The van der Waals surface area contributed by atoms with Gasteiger partial charge in [0.25, 0.3) is 0 Å². The molecule has 0 aromatic carbocycles. The topological polar surface area (TPSA) is 132 Å². The van der Waals surface area contributed by atoms with Crippen molar-refractivity contribution in [1.82, 2.24) is 19.9 Å². The van der Waals surface area contributed by atoms with Crippen molar-refractivity contribution in [3.05, 3.63) is 68.8 Å². The molecule has 2 aliphatic heterocycles. The summed E-state index contributed by atoms with van der Waals surface area (Å²) >= 11 is 0. The van der Waals surface area contributed by atoms with Crippen LogP contribution in [0.1, 0.15) is 107 Å². The smallest absolute Gasteiger partial charge is 0.303 e. The molecule has 8 heteroatoms. The Hall–Kier alpha value is -4.04. The van der Waals surface area contributed by atoms with Crippen molar-refractivity contribution in [1.29, 1.82) is 0 Å². The third-order valence-corrected chi connectivity index (χ3v) is 9.06. The number of H-pyrrole nitrogens is 2. The minimum Gasteiger partial charge on any atom is -0.481 e. The predicted octanol–water partition coefficient (Wildman–Crippen LogP) is 6.26. The number of hydrogen-bond donors (Lipinski definition) is 4. The van der Waals surface area contributed by atoms with Gasteiger partial charge in [-0.25, -0.2) is 4.98 Å². The molecule has 3 aromatic rings. The number of Topliss-reactive ketones (excluding diaryl/α,β-unsaturated/α-hetero) is 1. The molecule has 0 unspecified atom stereocenters. The maximum Gasteiger partial charge on any atom is 0.303 e. The highest BCUT2D eigenvalue weighted by atomic mass is 16.4. The number of nitrogens with zero attached hydrogens (tertiary/aromatic N) is 2. The Morgan fingerprint density at radius 1 is 1.02 bits per heavy atom. The molecule has 0 spiro atoms. The number of carbonyl (C=O) groups excluding carboxylic acids is 1. The van der Waals surface area contributed by atoms with E-state index in [-0.39, 0.29) is 37.1 Å². The van der Waals surface area contributed by atoms with E-state index in [0.29, 0.717) is 12.0 Å². The van der Waals surface area contributed by atoms with Gasteiger partial charge in [0.15, 0.2) is 5.78 Å². The van der Waals surface area contributed by atoms with Crippen molar-refractivity contribution in [3.63, 3.8) is 0 Å². The van der Waals surface area contributed by atoms with Crippen LogP contribution in [0.15, 0.2) is 18.2 Å². The van der Waals surface area contributed by atoms with Crippen molar-refractivity contribution < 1.29 is 19.8 Å². The fourth-order valence-corrected chi connectivity index (χ4v) is 6.68. The van der Waals surface area contributed by atoms with E-state index in [2.05, 4.69) is 30.7 Å². The molecule has 0 saturated carbocycles. The highest BCUT2D eigenvalue weighted by Gasteiger charge is 2.35. The number of carbonyl (C=O) groups is 2. The molecule has 0 amide bonds. The number of rotatable bonds is 5. The van der Waals surface area contributed by atoms with Crippen molar-refractivity contribution in [3.8, 4) is 0 Å². The first-order valence-corrected chi connectivity index (χ1v) is 13.9. The average Bonchev–Trinajstić information content (AvgIpc) is 3.65. The number of carboxylic acids is 1. The van der Waals surface area contributed by atoms with Gasteiger partial charge in [-0.2, -0.15) is 0 Å². The number of aryl methyl sites for hydroxylation is 2. The van der Waals surface area contributed by atoms with Crippen LogP contribution in [0.2, 0.25) is 0 Å². The number of aromatic amines is 2. The molecule has 206 valence electrons. The van der Waals surface area contributed by atoms with Gasteiger partial charge in [0.1, 0.15) is 0 Å². The van der Waals surface area contributed by atoms with Crippen LogP contribution >= 0.6 is 0 Å². The zero-order valence-electron chi connectivity index (χ0n) is 23.5. The molecule has 6 rings (SSSR count). The van der Waals surface area contributed by atoms with Gasteiger partial charge >= 0.3 is 5.97 Å². The Morgan fingerprint density at radius 3 is 2.45 bits per heavy atom. The zero-order chi connectivity index (χ0) is 28.5. The predicted molar refractivity (Wildman–Crippen MR) is 155 cm³/mol. The summed E-state index contributed by atoms with van der Waals surface area (Å²) < 4.78 is 0. The lowest BCUT2D eigenvalue weighted by atomic mass is 9.85. The summed E-state index contributed by atoms with van der Waals surface area (Å²) in [4.78, 5) is 42.0. The molecule has 8 bridgehead atoms. The van der Waals surface area contributed by atoms with Gasteiger partial charge in [-0.15, -0.1) is 0 Å². The third-order valence-electron chi connectivity index (χ3n) is 9.06. The van der Waals surface area contributed by atoms with Crippen LogP contribution < -0.4 is 0 Å². The SMILES string of the molecule is CCC1=C(C)c2cc3[nH]c(cc4nc(c5c6[nH]c(cc1n2)c(C)c6C(=O)C5)[C@@H](CCC(=O)O)[C@@H]4C)c(C)c3CO. The molecule has 5 heterocycles. The van der Waals surface area contributed by atoms with Crippen LogP contribution in [0, 0.1) is 13.8 Å². The number of aromatic nitrogens is 4. The zero-order valence-corrected chi connectivity index (χ0v) is 23.5. The number of aliphatic hydroxyl groups is 1. The van der Waals surface area contributed by atoms with Crippen LogP contribution in [-0.4, -0.2) is 41.9 Å². The van der Waals surface area contributed by atoms with Gasteiger partial charge in [0.05, 0.1) is 29.2 Å². The summed E-state index contributed by atoms with van der Waals surface area (Å²) in [7, 11) is 0. The second-order valence-electron chi connectivity index (χ2n) is 11.2. The summed E-state index contributed by atoms with van der Waals surface area (Å²) in [6.07, 6.45) is 1.51. The molecule has 2 atom stereocenters. The minimum absolute atomic E-state index is 0.0252. The molecule has 1 aliphatic carbocycles. The molecule has 0 fully saturated rings. The number of ketones is 1. The molecule has 8 nitrogen and oxygen atoms in total. The largest absolute Gasteiger partial charge is 0.481 e. The lowest BCUT2D eigenvalue weighted by molar-refractivity contribution is -0.137. The van der Waals surface area contributed by atoms with Gasteiger partial charge in [-0.3, -0.25) is 14.6 Å². The normalized spacial score (nSPS) is 18.2. The van der Waals surface area contributed by atoms with E-state index in [1.807, 2.05) is 32.0 Å². The maximum atomic E-state index is 13.3. The van der Waals surface area contributed by atoms with E-state index < -0.39 is 5.97 Å². The first-order chi connectivity index (χ1) is 19.1. The van der Waals surface area contributed by atoms with Gasteiger partial charge in [-0.05, 0) is 74.1 Å². The number of aliphatic carboxylic acids is 1. The number of fused-ring (bicyclic) bond motifs is 8. The highest BCUT2D eigenvalue weighted by molar-refractivity contribution is 6.13. The van der Waals surface area contributed by atoms with Crippen LogP contribution in [0.3, 0.4) is 0 Å². The Morgan fingerprint density at radius 2 is 1.75 bits per heavy atom. The van der Waals surface area contributed by atoms with Crippen LogP contribution in [0.25, 0.3) is 33.2 Å². The molecule has 40 heavy (non-hydrogen) atoms. The Bertz CT molecular complexity index is 1810. The second kappa shape index (κ2) is 9.55. The maximum absolute atomic E-state index is 13.3. The Kier molecular flexibility index (Phi) is 6.26. The fraction of sp³-hybridized carbons (Fsp3) is 0.375. The second-order valence-corrected chi connectivity index (χ2v) is 11.2. The van der Waals surface area contributed by atoms with E-state index in [1.54, 1.807) is 0 Å². The van der Waals surface area contributed by atoms with Crippen molar-refractivity contribution in [2.24, 2.45) is 0 Å². The van der Waals surface area contributed by atoms with Crippen molar-refractivity contribution in [2.45, 2.75) is 78.7 Å². The minimum atomic E-state index is -0.848. The van der Waals surface area contributed by atoms with Crippen LogP contribution in [-0.2, 0) is 17.8 Å². The number of carboxylic acid groups (broad SMARTS) is 1. The van der Waals surface area contributed by atoms with Crippen LogP contribution in [0.4, 0.5) is 0 Å². The van der Waals surface area contributed by atoms with Crippen molar-refractivity contribution in [2.75, 3.05) is 0 Å². The van der Waals surface area contributed by atoms with E-state index in [9.17, 15) is 19.8 Å². The first kappa shape index (κ1) is 26.2. The number of aliphatic hydroxyl groups excluding tert-OH is 1. The summed E-state index contributed by atoms with van der Waals surface area (Å²) in [5.74, 6) is -0.966. The van der Waals surface area contributed by atoms with Crippen LogP contribution in [0.5, 0.6) is 0 Å². The third kappa shape index (κ3) is 3.92. The van der Waals surface area contributed by atoms with E-state index in [1.165, 1.54) is 0 Å². The molecular weight excluding hydrogens is 504 g/mol. The lowest BCUT2D eigenvalue weighted by Gasteiger charge is -2.16. The molecule has 0 saturated heterocycles. The molecular formula is C32H34N4O4. The van der Waals surface area contributed by atoms with E-state index in [0.717, 1.165) is 84.7 Å². The average molecular weight is 539 g/mol. The van der Waals surface area contributed by atoms with Gasteiger partial charge in [-0.1, -0.05) is 13.8 Å². The summed E-state index contributed by atoms with van der Waals surface area (Å²) in [5, 5.41) is 19.8. The van der Waals surface area contributed by atoms with E-state index >= 15 is 0 Å². The summed E-state index contributed by atoms with van der Waals surface area (Å²) in [6.45, 7) is 10.1. The number of hydrogen-bond acceptors (Lipinski definition) is 5. The Labute approximate surface area is 232 Å². The first-order valence-electron chi connectivity index (χ1n) is 13.9. The number of nitrogens with one attached hydrogen (secondary N) is 2. The lowest BCUT2D eigenvalue weighted by Crippen LogP contribution is -2.08. The monoisotopic (exact) mass is 538 g/mol. The molecule has 3 aliphatic rings. The fourth-order valence-electron chi connectivity index (χ4n) is 6.68. The molecule has 0 radical (unpaired) electrons. The van der Waals surface area contributed by atoms with Crippen molar-refractivity contribution >= 4 is 45.0 Å². The molecule has 4 N–H and O–H groups in total. The van der Waals surface area contributed by atoms with Gasteiger partial charge in [0.2, 0.25) is 0 Å². The summed E-state index contributed by atoms with van der Waals surface area (Å²) in [6, 6.07) is 6.03. The Balaban J connectivity index is 1.77. The quantitative estimate of drug-likeness (QED) is 0.303. The van der Waals surface area contributed by atoms with E-state index in [4.69, 9.17) is 9.97 Å². The highest BCUT2D eigenvalue weighted by Crippen LogP contribution is 2.44. The summed E-state index contributed by atoms with van der Waals surface area (Å²) in [5.41, 5.74) is 13.1. The van der Waals surface area contributed by atoms with Gasteiger partial charge < -0.3 is 20.2 Å². The standard InChI is InChI=1S/C32H34N4O4/c1-6-18-14(2)23-11-27-21(13-37)16(4)22(34-27)10-24-15(3)19(7-8-29(39)40)31(35-24)20-9-28(38)30-17(5)25(36-32(20)30)12-26(18)33-23/h10-12,15,19,34,36-37H,6-9,13H2,1-5H3,(H,39,40)/t15-,19-/m0/s1.